The van der Waals surface area contributed by atoms with E-state index >= 15 is 0 Å². The predicted molar refractivity (Wildman–Crippen MR) is 86.9 cm³/mol. The first-order chi connectivity index (χ1) is 12.1. The second-order valence-electron chi connectivity index (χ2n) is 5.87. The summed E-state index contributed by atoms with van der Waals surface area (Å²) in [6.45, 7) is 2.75. The highest BCUT2D eigenvalue weighted by molar-refractivity contribution is 5.80. The lowest BCUT2D eigenvalue weighted by Gasteiger charge is -2.33. The standard InChI is InChI=1S/C16H17N5O4/c1-10-18-19-15(25-10)13-9-24-7-6-20(13)14(22)8-21-12-5-3-2-4-11(12)17-16(21)23/h2-5,13H,6-9H2,1H3,(H,17,23)/t13-/m1/s1. The molecule has 0 saturated carbocycles. The Morgan fingerprint density at radius 1 is 1.36 bits per heavy atom. The molecular formula is C16H17N5O4. The number of aromatic amines is 1. The van der Waals surface area contributed by atoms with Crippen molar-refractivity contribution in [2.75, 3.05) is 19.8 Å². The van der Waals surface area contributed by atoms with E-state index in [0.717, 1.165) is 0 Å². The molecule has 1 fully saturated rings. The average Bonchev–Trinajstić information content (AvgIpc) is 3.19. The number of hydrogen-bond donors (Lipinski definition) is 1. The zero-order valence-electron chi connectivity index (χ0n) is 13.6. The van der Waals surface area contributed by atoms with Crippen LogP contribution in [0, 0.1) is 6.92 Å². The third-order valence-corrected chi connectivity index (χ3v) is 4.25. The SMILES string of the molecule is Cc1nnc([C@H]2COCCN2C(=O)Cn2c(=O)[nH]c3ccccc32)o1. The van der Waals surface area contributed by atoms with Crippen molar-refractivity contribution in [1.82, 2.24) is 24.6 Å². The van der Waals surface area contributed by atoms with E-state index in [9.17, 15) is 9.59 Å². The number of morpholine rings is 1. The number of carbonyl (C=O) groups is 1. The molecule has 1 N–H and O–H groups in total. The normalized spacial score (nSPS) is 18.0. The average molecular weight is 343 g/mol. The van der Waals surface area contributed by atoms with Crippen LogP contribution in [-0.2, 0) is 16.1 Å². The van der Waals surface area contributed by atoms with Crippen molar-refractivity contribution in [2.45, 2.75) is 19.5 Å². The lowest BCUT2D eigenvalue weighted by Crippen LogP contribution is -2.45. The van der Waals surface area contributed by atoms with E-state index in [1.165, 1.54) is 4.57 Å². The summed E-state index contributed by atoms with van der Waals surface area (Å²) < 4.78 is 12.4. The van der Waals surface area contributed by atoms with Crippen molar-refractivity contribution in [3.63, 3.8) is 0 Å². The molecule has 0 aliphatic carbocycles. The lowest BCUT2D eigenvalue weighted by molar-refractivity contribution is -0.141. The Morgan fingerprint density at radius 2 is 2.20 bits per heavy atom. The van der Waals surface area contributed by atoms with Crippen LogP contribution in [0.2, 0.25) is 0 Å². The summed E-state index contributed by atoms with van der Waals surface area (Å²) in [5, 5.41) is 7.82. The van der Waals surface area contributed by atoms with E-state index in [2.05, 4.69) is 15.2 Å². The van der Waals surface area contributed by atoms with Crippen molar-refractivity contribution < 1.29 is 13.9 Å². The summed E-state index contributed by atoms with van der Waals surface area (Å²) in [5.41, 5.74) is 1.08. The number of benzene rings is 1. The molecule has 1 aliphatic rings. The second-order valence-corrected chi connectivity index (χ2v) is 5.87. The van der Waals surface area contributed by atoms with E-state index in [4.69, 9.17) is 9.15 Å². The highest BCUT2D eigenvalue weighted by Crippen LogP contribution is 2.23. The number of imidazole rings is 1. The summed E-state index contributed by atoms with van der Waals surface area (Å²) in [4.78, 5) is 29.4. The van der Waals surface area contributed by atoms with Crippen molar-refractivity contribution in [2.24, 2.45) is 0 Å². The number of fused-ring (bicyclic) bond motifs is 1. The van der Waals surface area contributed by atoms with Gasteiger partial charge in [-0.2, -0.15) is 0 Å². The number of ether oxygens (including phenoxy) is 1. The molecule has 130 valence electrons. The Balaban J connectivity index is 1.62. The smallest absolute Gasteiger partial charge is 0.326 e. The van der Waals surface area contributed by atoms with E-state index in [1.807, 2.05) is 12.1 Å². The number of amides is 1. The number of aryl methyl sites for hydroxylation is 1. The maximum Gasteiger partial charge on any atom is 0.326 e. The van der Waals surface area contributed by atoms with Crippen molar-refractivity contribution in [3.8, 4) is 0 Å². The zero-order valence-corrected chi connectivity index (χ0v) is 13.6. The quantitative estimate of drug-likeness (QED) is 0.747. The van der Waals surface area contributed by atoms with Gasteiger partial charge >= 0.3 is 5.69 Å². The lowest BCUT2D eigenvalue weighted by atomic mass is 10.2. The Bertz CT molecular complexity index is 972. The third kappa shape index (κ3) is 2.82. The van der Waals surface area contributed by atoms with E-state index in [1.54, 1.807) is 24.0 Å². The molecule has 25 heavy (non-hydrogen) atoms. The van der Waals surface area contributed by atoms with Gasteiger partial charge in [0.15, 0.2) is 0 Å². The van der Waals surface area contributed by atoms with Gasteiger partial charge in [0.05, 0.1) is 24.2 Å². The molecular weight excluding hydrogens is 326 g/mol. The number of nitrogens with zero attached hydrogens (tertiary/aromatic N) is 4. The molecule has 1 aromatic carbocycles. The first-order valence-corrected chi connectivity index (χ1v) is 7.98. The third-order valence-electron chi connectivity index (χ3n) is 4.25. The highest BCUT2D eigenvalue weighted by atomic mass is 16.5. The summed E-state index contributed by atoms with van der Waals surface area (Å²) >= 11 is 0. The maximum atomic E-state index is 12.9. The number of para-hydroxylation sites is 2. The Morgan fingerprint density at radius 3 is 3.00 bits per heavy atom. The number of carbonyl (C=O) groups excluding carboxylic acids is 1. The summed E-state index contributed by atoms with van der Waals surface area (Å²) in [7, 11) is 0. The molecule has 1 aliphatic heterocycles. The molecule has 4 rings (SSSR count). The molecule has 9 heteroatoms. The van der Waals surface area contributed by atoms with Gasteiger partial charge < -0.3 is 19.0 Å². The van der Waals surface area contributed by atoms with Crippen LogP contribution in [0.1, 0.15) is 17.8 Å². The fourth-order valence-corrected chi connectivity index (χ4v) is 3.04. The second kappa shape index (κ2) is 6.17. The summed E-state index contributed by atoms with van der Waals surface area (Å²) in [5.74, 6) is 0.577. The Labute approximate surface area is 142 Å². The van der Waals surface area contributed by atoms with E-state index in [-0.39, 0.29) is 24.7 Å². The van der Waals surface area contributed by atoms with Gasteiger partial charge in [-0.3, -0.25) is 9.36 Å². The molecule has 3 aromatic rings. The number of aromatic nitrogens is 4. The molecule has 0 unspecified atom stereocenters. The zero-order chi connectivity index (χ0) is 17.4. The van der Waals surface area contributed by atoms with Crippen LogP contribution < -0.4 is 5.69 Å². The van der Waals surface area contributed by atoms with Gasteiger partial charge in [-0.05, 0) is 12.1 Å². The van der Waals surface area contributed by atoms with E-state index in [0.29, 0.717) is 36.0 Å². The Kier molecular flexibility index (Phi) is 3.85. The van der Waals surface area contributed by atoms with Gasteiger partial charge in [-0.15, -0.1) is 10.2 Å². The Hall–Kier alpha value is -2.94. The van der Waals surface area contributed by atoms with Gasteiger partial charge in [0.2, 0.25) is 17.7 Å². The van der Waals surface area contributed by atoms with E-state index < -0.39 is 6.04 Å². The molecule has 1 saturated heterocycles. The van der Waals surface area contributed by atoms with Crippen LogP contribution in [0.25, 0.3) is 11.0 Å². The van der Waals surface area contributed by atoms with Crippen molar-refractivity contribution in [3.05, 3.63) is 46.5 Å². The molecule has 3 heterocycles. The number of H-pyrrole nitrogens is 1. The highest BCUT2D eigenvalue weighted by Gasteiger charge is 2.32. The first kappa shape index (κ1) is 15.6. The predicted octanol–water partition coefficient (Wildman–Crippen LogP) is 0.621. The molecule has 0 bridgehead atoms. The minimum atomic E-state index is -0.441. The van der Waals surface area contributed by atoms with Crippen molar-refractivity contribution >= 4 is 16.9 Å². The fourth-order valence-electron chi connectivity index (χ4n) is 3.04. The van der Waals surface area contributed by atoms with Crippen LogP contribution in [0.3, 0.4) is 0 Å². The van der Waals surface area contributed by atoms with Gasteiger partial charge in [0, 0.05) is 13.5 Å². The number of rotatable bonds is 3. The molecule has 2 aromatic heterocycles. The van der Waals surface area contributed by atoms with Crippen LogP contribution in [0.4, 0.5) is 0 Å². The number of hydrogen-bond acceptors (Lipinski definition) is 6. The molecule has 1 amide bonds. The van der Waals surface area contributed by atoms with Crippen LogP contribution in [0.5, 0.6) is 0 Å². The molecule has 0 radical (unpaired) electrons. The monoisotopic (exact) mass is 343 g/mol. The van der Waals surface area contributed by atoms with Crippen molar-refractivity contribution in [1.29, 1.82) is 0 Å². The van der Waals surface area contributed by atoms with Crippen LogP contribution >= 0.6 is 0 Å². The topological polar surface area (TPSA) is 106 Å². The van der Waals surface area contributed by atoms with Gasteiger partial charge in [0.1, 0.15) is 12.6 Å². The van der Waals surface area contributed by atoms with Crippen LogP contribution in [-0.4, -0.2) is 50.3 Å². The fraction of sp³-hybridized carbons (Fsp3) is 0.375. The summed E-state index contributed by atoms with van der Waals surface area (Å²) in [6, 6.07) is 6.83. The first-order valence-electron chi connectivity index (χ1n) is 7.98. The van der Waals surface area contributed by atoms with Gasteiger partial charge in [-0.25, -0.2) is 4.79 Å². The largest absolute Gasteiger partial charge is 0.423 e. The van der Waals surface area contributed by atoms with Gasteiger partial charge in [0.25, 0.3) is 0 Å². The molecule has 1 atom stereocenters. The number of nitrogens with one attached hydrogen (secondary N) is 1. The van der Waals surface area contributed by atoms with Crippen LogP contribution in [0.15, 0.2) is 33.5 Å². The van der Waals surface area contributed by atoms with Gasteiger partial charge in [-0.1, -0.05) is 12.1 Å². The molecule has 9 nitrogen and oxygen atoms in total. The molecule has 0 spiro atoms. The summed E-state index contributed by atoms with van der Waals surface area (Å²) in [6.07, 6.45) is 0. The minimum Gasteiger partial charge on any atom is -0.423 e. The maximum absolute atomic E-state index is 12.9. The minimum absolute atomic E-state index is 0.0630.